The summed E-state index contributed by atoms with van der Waals surface area (Å²) in [6.07, 6.45) is 4.58. The van der Waals surface area contributed by atoms with Crippen molar-refractivity contribution in [2.75, 3.05) is 32.8 Å². The zero-order valence-corrected chi connectivity index (χ0v) is 18.3. The van der Waals surface area contributed by atoms with Gasteiger partial charge in [-0.05, 0) is 74.2 Å². The Kier molecular flexibility index (Phi) is 5.99. The van der Waals surface area contributed by atoms with Gasteiger partial charge in [0.15, 0.2) is 0 Å². The molecule has 0 radical (unpaired) electrons. The molecule has 5 rings (SSSR count). The number of nitrogens with one attached hydrogen (secondary N) is 1. The van der Waals surface area contributed by atoms with Gasteiger partial charge in [-0.1, -0.05) is 6.07 Å². The summed E-state index contributed by atoms with van der Waals surface area (Å²) in [5.41, 5.74) is 1.81. The standard InChI is InChI=1S/C24H30FN3O4/c25-20-12-19-17(14-28(24(19)31)21-1-2-22(29)26-23(21)30)11-18(20)16-3-7-27(8-4-16)13-15-5-9-32-10-6-15/h11-12,15-16,21H,1-10,13-14H2,(H,26,29,30). The fraction of sp³-hybridized carbons (Fsp3) is 0.625. The number of hydrogen-bond acceptors (Lipinski definition) is 5. The van der Waals surface area contributed by atoms with Gasteiger partial charge in [-0.2, -0.15) is 0 Å². The normalized spacial score (nSPS) is 25.8. The molecule has 4 heterocycles. The third-order valence-corrected chi connectivity index (χ3v) is 7.53. The number of carbonyl (C=O) groups excluding carboxylic acids is 3. The molecule has 32 heavy (non-hydrogen) atoms. The van der Waals surface area contributed by atoms with Crippen molar-refractivity contribution in [3.05, 3.63) is 34.6 Å². The number of amides is 3. The lowest BCUT2D eigenvalue weighted by atomic mass is 9.86. The largest absolute Gasteiger partial charge is 0.381 e. The van der Waals surface area contributed by atoms with Crippen molar-refractivity contribution in [2.24, 2.45) is 5.92 Å². The zero-order chi connectivity index (χ0) is 22.2. The quantitative estimate of drug-likeness (QED) is 0.722. The molecule has 4 aliphatic rings. The molecule has 1 unspecified atom stereocenters. The van der Waals surface area contributed by atoms with E-state index in [2.05, 4.69) is 10.2 Å². The Hall–Kier alpha value is -2.32. The van der Waals surface area contributed by atoms with Gasteiger partial charge in [-0.3, -0.25) is 19.7 Å². The highest BCUT2D eigenvalue weighted by Crippen LogP contribution is 2.35. The Morgan fingerprint density at radius 3 is 2.50 bits per heavy atom. The van der Waals surface area contributed by atoms with Crippen LogP contribution in [0.5, 0.6) is 0 Å². The van der Waals surface area contributed by atoms with Gasteiger partial charge in [0.05, 0.1) is 0 Å². The first-order valence-corrected chi connectivity index (χ1v) is 11.8. The van der Waals surface area contributed by atoms with Crippen molar-refractivity contribution >= 4 is 17.7 Å². The van der Waals surface area contributed by atoms with Gasteiger partial charge in [-0.15, -0.1) is 0 Å². The molecule has 3 fully saturated rings. The second-order valence-corrected chi connectivity index (χ2v) is 9.56. The lowest BCUT2D eigenvalue weighted by Crippen LogP contribution is -2.52. The molecular formula is C24H30FN3O4. The first-order chi connectivity index (χ1) is 15.5. The van der Waals surface area contributed by atoms with Crippen LogP contribution in [-0.4, -0.2) is 66.4 Å². The molecule has 1 atom stereocenters. The van der Waals surface area contributed by atoms with Crippen molar-refractivity contribution in [1.82, 2.24) is 15.1 Å². The van der Waals surface area contributed by atoms with Crippen molar-refractivity contribution in [3.63, 3.8) is 0 Å². The minimum Gasteiger partial charge on any atom is -0.381 e. The van der Waals surface area contributed by atoms with E-state index in [1.165, 1.54) is 11.0 Å². The maximum Gasteiger partial charge on any atom is 0.255 e. The van der Waals surface area contributed by atoms with Crippen LogP contribution in [0.2, 0.25) is 0 Å². The van der Waals surface area contributed by atoms with Crippen LogP contribution in [-0.2, 0) is 20.9 Å². The Morgan fingerprint density at radius 2 is 1.78 bits per heavy atom. The van der Waals surface area contributed by atoms with Crippen molar-refractivity contribution in [3.8, 4) is 0 Å². The van der Waals surface area contributed by atoms with E-state index in [1.807, 2.05) is 6.07 Å². The molecular weight excluding hydrogens is 413 g/mol. The summed E-state index contributed by atoms with van der Waals surface area (Å²) in [5.74, 6) is -0.574. The van der Waals surface area contributed by atoms with E-state index >= 15 is 4.39 Å². The fourth-order valence-electron chi connectivity index (χ4n) is 5.64. The Bertz CT molecular complexity index is 922. The summed E-state index contributed by atoms with van der Waals surface area (Å²) in [4.78, 5) is 40.5. The lowest BCUT2D eigenvalue weighted by Gasteiger charge is -2.35. The molecule has 0 bridgehead atoms. The van der Waals surface area contributed by atoms with Crippen molar-refractivity contribution < 1.29 is 23.5 Å². The molecule has 0 saturated carbocycles. The van der Waals surface area contributed by atoms with Crippen LogP contribution in [0.15, 0.2) is 12.1 Å². The maximum absolute atomic E-state index is 15.0. The number of carbonyl (C=O) groups is 3. The summed E-state index contributed by atoms with van der Waals surface area (Å²) in [6, 6.07) is 2.52. The van der Waals surface area contributed by atoms with Crippen LogP contribution in [0.4, 0.5) is 4.39 Å². The minimum atomic E-state index is -0.674. The Balaban J connectivity index is 1.25. The van der Waals surface area contributed by atoms with Gasteiger partial charge in [0.1, 0.15) is 11.9 Å². The SMILES string of the molecule is O=C1CCC(N2Cc3cc(C4CCN(CC5CCOCC5)CC4)c(F)cc3C2=O)C(=O)N1. The molecule has 4 aliphatic heterocycles. The molecule has 0 aromatic heterocycles. The number of imide groups is 1. The van der Waals surface area contributed by atoms with Gasteiger partial charge in [0.25, 0.3) is 5.91 Å². The van der Waals surface area contributed by atoms with Gasteiger partial charge in [0.2, 0.25) is 11.8 Å². The summed E-state index contributed by atoms with van der Waals surface area (Å²) in [5, 5.41) is 2.30. The number of fused-ring (bicyclic) bond motifs is 1. The number of nitrogens with zero attached hydrogens (tertiary/aromatic N) is 2. The van der Waals surface area contributed by atoms with Gasteiger partial charge in [0, 0.05) is 38.3 Å². The summed E-state index contributed by atoms with van der Waals surface area (Å²) < 4.78 is 20.5. The number of piperidine rings is 2. The first kappa shape index (κ1) is 21.5. The van der Waals surface area contributed by atoms with E-state index < -0.39 is 11.9 Å². The number of likely N-dealkylation sites (tertiary alicyclic amines) is 1. The molecule has 0 aliphatic carbocycles. The molecule has 1 aromatic rings. The monoisotopic (exact) mass is 443 g/mol. The van der Waals surface area contributed by atoms with E-state index in [9.17, 15) is 14.4 Å². The van der Waals surface area contributed by atoms with Crippen LogP contribution >= 0.6 is 0 Å². The minimum absolute atomic E-state index is 0.144. The molecule has 3 amide bonds. The van der Waals surface area contributed by atoms with Crippen molar-refractivity contribution in [1.29, 1.82) is 0 Å². The van der Waals surface area contributed by atoms with Crippen molar-refractivity contribution in [2.45, 2.75) is 57.0 Å². The molecule has 8 heteroatoms. The van der Waals surface area contributed by atoms with E-state index in [0.717, 1.165) is 64.1 Å². The smallest absolute Gasteiger partial charge is 0.255 e. The summed E-state index contributed by atoms with van der Waals surface area (Å²) in [7, 11) is 0. The first-order valence-electron chi connectivity index (χ1n) is 11.8. The molecule has 3 saturated heterocycles. The fourth-order valence-corrected chi connectivity index (χ4v) is 5.64. The van der Waals surface area contributed by atoms with Crippen LogP contribution < -0.4 is 5.32 Å². The van der Waals surface area contributed by atoms with Crippen LogP contribution in [0.1, 0.15) is 65.9 Å². The molecule has 7 nitrogen and oxygen atoms in total. The summed E-state index contributed by atoms with van der Waals surface area (Å²) >= 11 is 0. The van der Waals surface area contributed by atoms with Gasteiger partial charge in [-0.25, -0.2) is 4.39 Å². The van der Waals surface area contributed by atoms with Crippen LogP contribution in [0, 0.1) is 11.7 Å². The zero-order valence-electron chi connectivity index (χ0n) is 18.3. The average molecular weight is 444 g/mol. The molecule has 1 aromatic carbocycles. The van der Waals surface area contributed by atoms with E-state index in [4.69, 9.17) is 4.74 Å². The Morgan fingerprint density at radius 1 is 1.03 bits per heavy atom. The number of halogens is 1. The number of ether oxygens (including phenoxy) is 1. The number of hydrogen-bond donors (Lipinski definition) is 1. The Labute approximate surface area is 187 Å². The van der Waals surface area contributed by atoms with Gasteiger partial charge >= 0.3 is 0 Å². The molecule has 0 spiro atoms. The van der Waals surface area contributed by atoms with Crippen LogP contribution in [0.3, 0.4) is 0 Å². The maximum atomic E-state index is 15.0. The second kappa shape index (κ2) is 8.90. The lowest BCUT2D eigenvalue weighted by molar-refractivity contribution is -0.136. The van der Waals surface area contributed by atoms with Crippen LogP contribution in [0.25, 0.3) is 0 Å². The average Bonchev–Trinajstić information content (AvgIpc) is 3.10. The topological polar surface area (TPSA) is 79.0 Å². The van der Waals surface area contributed by atoms with E-state index in [0.29, 0.717) is 23.5 Å². The second-order valence-electron chi connectivity index (χ2n) is 9.56. The third kappa shape index (κ3) is 4.18. The predicted octanol–water partition coefficient (Wildman–Crippen LogP) is 2.19. The highest BCUT2D eigenvalue weighted by Gasteiger charge is 2.40. The molecule has 1 N–H and O–H groups in total. The van der Waals surface area contributed by atoms with E-state index in [-0.39, 0.29) is 36.5 Å². The molecule has 172 valence electrons. The van der Waals surface area contributed by atoms with E-state index in [1.54, 1.807) is 0 Å². The highest BCUT2D eigenvalue weighted by molar-refractivity contribution is 6.05. The third-order valence-electron chi connectivity index (χ3n) is 7.53. The number of rotatable bonds is 4. The summed E-state index contributed by atoms with van der Waals surface area (Å²) in [6.45, 7) is 5.01. The predicted molar refractivity (Wildman–Crippen MR) is 114 cm³/mol. The highest BCUT2D eigenvalue weighted by atomic mass is 19.1. The van der Waals surface area contributed by atoms with Gasteiger partial charge < -0.3 is 14.5 Å². The number of benzene rings is 1.